The van der Waals surface area contributed by atoms with Crippen LogP contribution < -0.4 is 10.5 Å². The molecule has 20 heavy (non-hydrogen) atoms. The fourth-order valence-corrected chi connectivity index (χ4v) is 3.08. The predicted octanol–water partition coefficient (Wildman–Crippen LogP) is 4.43. The predicted molar refractivity (Wildman–Crippen MR) is 87.4 cm³/mol. The third kappa shape index (κ3) is 2.89. The van der Waals surface area contributed by atoms with E-state index in [-0.39, 0.29) is 6.04 Å². The fourth-order valence-electron chi connectivity index (χ4n) is 2.45. The van der Waals surface area contributed by atoms with Crippen molar-refractivity contribution in [1.82, 2.24) is 0 Å². The number of benzene rings is 2. The van der Waals surface area contributed by atoms with Gasteiger partial charge >= 0.3 is 0 Å². The zero-order chi connectivity index (χ0) is 14.9. The van der Waals surface area contributed by atoms with Crippen molar-refractivity contribution in [1.29, 1.82) is 0 Å². The number of ether oxygens (including phenoxy) is 1. The molecule has 2 rings (SSSR count). The molecular formula is C17H20BrNO. The number of hydrogen-bond donors (Lipinski definition) is 1. The molecule has 0 aliphatic rings. The summed E-state index contributed by atoms with van der Waals surface area (Å²) in [6.07, 6.45) is 0. The summed E-state index contributed by atoms with van der Waals surface area (Å²) in [5, 5.41) is 0. The average Bonchev–Trinajstić information content (AvgIpc) is 2.39. The Morgan fingerprint density at radius 1 is 1.10 bits per heavy atom. The zero-order valence-corrected chi connectivity index (χ0v) is 13.9. The third-order valence-electron chi connectivity index (χ3n) is 3.67. The van der Waals surface area contributed by atoms with Gasteiger partial charge in [-0.15, -0.1) is 0 Å². The maximum atomic E-state index is 6.45. The Hall–Kier alpha value is -1.32. The molecular weight excluding hydrogens is 314 g/mol. The van der Waals surface area contributed by atoms with Gasteiger partial charge in [0.2, 0.25) is 0 Å². The van der Waals surface area contributed by atoms with E-state index in [2.05, 4.69) is 67.0 Å². The molecule has 0 spiro atoms. The molecule has 2 N–H and O–H groups in total. The van der Waals surface area contributed by atoms with Crippen LogP contribution in [0.3, 0.4) is 0 Å². The van der Waals surface area contributed by atoms with Crippen molar-refractivity contribution in [3.8, 4) is 5.75 Å². The summed E-state index contributed by atoms with van der Waals surface area (Å²) >= 11 is 3.53. The van der Waals surface area contributed by atoms with E-state index in [0.29, 0.717) is 0 Å². The third-order valence-corrected chi connectivity index (χ3v) is 4.13. The van der Waals surface area contributed by atoms with Crippen molar-refractivity contribution >= 4 is 15.9 Å². The van der Waals surface area contributed by atoms with Crippen LogP contribution in [0.4, 0.5) is 0 Å². The Morgan fingerprint density at radius 2 is 1.80 bits per heavy atom. The lowest BCUT2D eigenvalue weighted by Gasteiger charge is -2.19. The molecule has 0 saturated carbocycles. The van der Waals surface area contributed by atoms with Crippen molar-refractivity contribution in [2.45, 2.75) is 26.8 Å². The second-order valence-electron chi connectivity index (χ2n) is 5.17. The topological polar surface area (TPSA) is 35.2 Å². The number of hydrogen-bond acceptors (Lipinski definition) is 2. The van der Waals surface area contributed by atoms with Gasteiger partial charge in [0, 0.05) is 10.0 Å². The number of nitrogens with two attached hydrogens (primary N) is 1. The van der Waals surface area contributed by atoms with E-state index in [1.807, 2.05) is 0 Å². The molecule has 0 fully saturated rings. The van der Waals surface area contributed by atoms with Crippen molar-refractivity contribution in [3.63, 3.8) is 0 Å². The van der Waals surface area contributed by atoms with E-state index in [9.17, 15) is 0 Å². The van der Waals surface area contributed by atoms with E-state index in [0.717, 1.165) is 26.9 Å². The van der Waals surface area contributed by atoms with Gasteiger partial charge in [0.15, 0.2) is 0 Å². The summed E-state index contributed by atoms with van der Waals surface area (Å²) in [6.45, 7) is 6.21. The van der Waals surface area contributed by atoms with Gasteiger partial charge in [0.25, 0.3) is 0 Å². The molecule has 0 bridgehead atoms. The molecule has 0 aromatic heterocycles. The van der Waals surface area contributed by atoms with Gasteiger partial charge in [-0.1, -0.05) is 34.1 Å². The molecule has 2 aromatic rings. The van der Waals surface area contributed by atoms with Crippen LogP contribution in [0.25, 0.3) is 0 Å². The Morgan fingerprint density at radius 3 is 2.40 bits per heavy atom. The van der Waals surface area contributed by atoms with E-state index in [1.54, 1.807) is 7.11 Å². The van der Waals surface area contributed by atoms with Crippen LogP contribution in [-0.2, 0) is 0 Å². The molecule has 0 amide bonds. The van der Waals surface area contributed by atoms with E-state index in [1.165, 1.54) is 11.1 Å². The van der Waals surface area contributed by atoms with Gasteiger partial charge < -0.3 is 10.5 Å². The summed E-state index contributed by atoms with van der Waals surface area (Å²) in [5.41, 5.74) is 12.1. The molecule has 1 atom stereocenters. The zero-order valence-electron chi connectivity index (χ0n) is 12.3. The highest BCUT2D eigenvalue weighted by molar-refractivity contribution is 9.10. The van der Waals surface area contributed by atoms with Crippen molar-refractivity contribution < 1.29 is 4.74 Å². The maximum Gasteiger partial charge on any atom is 0.127 e. The second-order valence-corrected chi connectivity index (χ2v) is 6.09. The molecule has 3 heteroatoms. The monoisotopic (exact) mass is 333 g/mol. The highest BCUT2D eigenvalue weighted by Crippen LogP contribution is 2.33. The molecule has 106 valence electrons. The first-order chi connectivity index (χ1) is 9.43. The second kappa shape index (κ2) is 5.98. The van der Waals surface area contributed by atoms with Crippen molar-refractivity contribution in [2.24, 2.45) is 5.73 Å². The largest absolute Gasteiger partial charge is 0.496 e. The lowest BCUT2D eigenvalue weighted by molar-refractivity contribution is 0.404. The molecule has 0 radical (unpaired) electrons. The molecule has 0 aliphatic heterocycles. The Balaban J connectivity index is 2.53. The summed E-state index contributed by atoms with van der Waals surface area (Å²) in [7, 11) is 1.70. The standard InChI is InChI=1S/C17H20BrNO/c1-10-7-13(9-14(18)8-10)16(19)15-6-5-11(2)12(3)17(15)20-4/h5-9,16H,19H2,1-4H3. The first kappa shape index (κ1) is 15.1. The molecule has 0 heterocycles. The highest BCUT2D eigenvalue weighted by atomic mass is 79.9. The van der Waals surface area contributed by atoms with Crippen LogP contribution in [0, 0.1) is 20.8 Å². The smallest absolute Gasteiger partial charge is 0.127 e. The minimum absolute atomic E-state index is 0.194. The highest BCUT2D eigenvalue weighted by Gasteiger charge is 2.17. The normalized spacial score (nSPS) is 12.3. The van der Waals surface area contributed by atoms with Gasteiger partial charge in [0.05, 0.1) is 13.2 Å². The van der Waals surface area contributed by atoms with Gasteiger partial charge in [-0.2, -0.15) is 0 Å². The Kier molecular flexibility index (Phi) is 4.51. The van der Waals surface area contributed by atoms with Gasteiger partial charge in [-0.25, -0.2) is 0 Å². The van der Waals surface area contributed by atoms with Gasteiger partial charge in [-0.3, -0.25) is 0 Å². The Labute approximate surface area is 129 Å². The minimum Gasteiger partial charge on any atom is -0.496 e. The van der Waals surface area contributed by atoms with Crippen molar-refractivity contribution in [3.05, 3.63) is 62.6 Å². The van der Waals surface area contributed by atoms with Gasteiger partial charge in [-0.05, 0) is 55.2 Å². The molecule has 2 aromatic carbocycles. The molecule has 0 aliphatic carbocycles. The maximum absolute atomic E-state index is 6.45. The van der Waals surface area contributed by atoms with E-state index < -0.39 is 0 Å². The van der Waals surface area contributed by atoms with Crippen LogP contribution in [0.2, 0.25) is 0 Å². The van der Waals surface area contributed by atoms with Crippen LogP contribution in [-0.4, -0.2) is 7.11 Å². The minimum atomic E-state index is -0.194. The first-order valence-corrected chi connectivity index (χ1v) is 7.40. The summed E-state index contributed by atoms with van der Waals surface area (Å²) in [5.74, 6) is 0.884. The lowest BCUT2D eigenvalue weighted by atomic mass is 9.94. The Bertz CT molecular complexity index is 617. The first-order valence-electron chi connectivity index (χ1n) is 6.60. The summed E-state index contributed by atoms with van der Waals surface area (Å²) in [4.78, 5) is 0. The number of rotatable bonds is 3. The van der Waals surface area contributed by atoms with Crippen molar-refractivity contribution in [2.75, 3.05) is 7.11 Å². The van der Waals surface area contributed by atoms with Crippen LogP contribution in [0.5, 0.6) is 5.75 Å². The number of aryl methyl sites for hydroxylation is 2. The van der Waals surface area contributed by atoms with Crippen LogP contribution >= 0.6 is 15.9 Å². The summed E-state index contributed by atoms with van der Waals surface area (Å²) in [6, 6.07) is 10.2. The molecule has 2 nitrogen and oxygen atoms in total. The molecule has 1 unspecified atom stereocenters. The SMILES string of the molecule is COc1c(C(N)c2cc(C)cc(Br)c2)ccc(C)c1C. The molecule has 0 saturated heterocycles. The average molecular weight is 334 g/mol. The fraction of sp³-hybridized carbons (Fsp3) is 0.294. The quantitative estimate of drug-likeness (QED) is 0.901. The number of halogens is 1. The van der Waals surface area contributed by atoms with Gasteiger partial charge in [0.1, 0.15) is 5.75 Å². The van der Waals surface area contributed by atoms with Crippen LogP contribution in [0.1, 0.15) is 33.9 Å². The lowest BCUT2D eigenvalue weighted by Crippen LogP contribution is -2.14. The van der Waals surface area contributed by atoms with Crippen LogP contribution in [0.15, 0.2) is 34.8 Å². The van der Waals surface area contributed by atoms with E-state index in [4.69, 9.17) is 10.5 Å². The van der Waals surface area contributed by atoms with E-state index >= 15 is 0 Å². The number of methoxy groups -OCH3 is 1. The summed E-state index contributed by atoms with van der Waals surface area (Å²) < 4.78 is 6.62.